The van der Waals surface area contributed by atoms with Gasteiger partial charge in [0.05, 0.1) is 0 Å². The van der Waals surface area contributed by atoms with E-state index < -0.39 is 0 Å². The Balaban J connectivity index is 2.24. The first-order valence-electron chi connectivity index (χ1n) is 5.96. The van der Waals surface area contributed by atoms with E-state index in [0.29, 0.717) is 10.3 Å². The number of hydrogen-bond donors (Lipinski definition) is 1. The molecule has 5 nitrogen and oxygen atoms in total. The van der Waals surface area contributed by atoms with Crippen molar-refractivity contribution in [3.8, 4) is 0 Å². The number of aryl methyl sites for hydroxylation is 1. The van der Waals surface area contributed by atoms with Gasteiger partial charge in [-0.2, -0.15) is 0 Å². The summed E-state index contributed by atoms with van der Waals surface area (Å²) in [5, 5.41) is 7.69. The summed E-state index contributed by atoms with van der Waals surface area (Å²) in [5.41, 5.74) is 6.63. The first kappa shape index (κ1) is 12.7. The lowest BCUT2D eigenvalue weighted by Gasteiger charge is -2.19. The van der Waals surface area contributed by atoms with Gasteiger partial charge in [0, 0.05) is 19.0 Å². The van der Waals surface area contributed by atoms with Crippen LogP contribution in [0, 0.1) is 5.92 Å². The molecule has 94 valence electrons. The van der Waals surface area contributed by atoms with Gasteiger partial charge in [-0.15, -0.1) is 5.10 Å². The molecule has 1 saturated carbocycles. The van der Waals surface area contributed by atoms with Crippen LogP contribution in [0.3, 0.4) is 0 Å². The summed E-state index contributed by atoms with van der Waals surface area (Å²) in [6, 6.07) is -0.0354. The van der Waals surface area contributed by atoms with Crippen molar-refractivity contribution >= 4 is 21.7 Å². The third-order valence-corrected chi connectivity index (χ3v) is 3.96. The summed E-state index contributed by atoms with van der Waals surface area (Å²) in [6.07, 6.45) is 5.17. The fraction of sp³-hybridized carbons (Fsp3) is 0.727. The molecule has 1 heterocycles. The van der Waals surface area contributed by atoms with Crippen molar-refractivity contribution in [2.45, 2.75) is 38.1 Å². The molecule has 2 unspecified atom stereocenters. The summed E-state index contributed by atoms with van der Waals surface area (Å²) in [7, 11) is 1.73. The van der Waals surface area contributed by atoms with Gasteiger partial charge in [-0.25, -0.2) is 4.68 Å². The van der Waals surface area contributed by atoms with Crippen LogP contribution in [0.15, 0.2) is 4.60 Å². The lowest BCUT2D eigenvalue weighted by atomic mass is 9.90. The zero-order valence-corrected chi connectivity index (χ0v) is 11.5. The lowest BCUT2D eigenvalue weighted by Crippen LogP contribution is -2.35. The molecular weight excluding hydrogens is 284 g/mol. The average Bonchev–Trinajstić information content (AvgIpc) is 2.51. The summed E-state index contributed by atoms with van der Waals surface area (Å²) in [4.78, 5) is 12.5. The second kappa shape index (κ2) is 5.27. The van der Waals surface area contributed by atoms with Gasteiger partial charge < -0.3 is 5.73 Å². The normalized spacial score (nSPS) is 25.6. The number of ketones is 1. The lowest BCUT2D eigenvalue weighted by molar-refractivity contribution is 0.0884. The molecule has 1 fully saturated rings. The Morgan fingerprint density at radius 2 is 2.12 bits per heavy atom. The summed E-state index contributed by atoms with van der Waals surface area (Å²) < 4.78 is 2.03. The third-order valence-electron chi connectivity index (χ3n) is 3.43. The minimum Gasteiger partial charge on any atom is -0.327 e. The van der Waals surface area contributed by atoms with Crippen LogP contribution in [0.1, 0.15) is 42.6 Å². The van der Waals surface area contributed by atoms with Gasteiger partial charge >= 0.3 is 0 Å². The van der Waals surface area contributed by atoms with Crippen molar-refractivity contribution in [1.82, 2.24) is 15.0 Å². The van der Waals surface area contributed by atoms with E-state index in [1.54, 1.807) is 7.05 Å². The Bertz CT molecular complexity index is 398. The van der Waals surface area contributed by atoms with Crippen LogP contribution in [0.2, 0.25) is 0 Å². The Morgan fingerprint density at radius 1 is 1.41 bits per heavy atom. The molecule has 0 aliphatic heterocycles. The zero-order valence-electron chi connectivity index (χ0n) is 9.90. The van der Waals surface area contributed by atoms with E-state index in [1.165, 1.54) is 11.1 Å². The number of carbonyl (C=O) groups excluding carboxylic acids is 1. The van der Waals surface area contributed by atoms with Crippen LogP contribution >= 0.6 is 15.9 Å². The smallest absolute Gasteiger partial charge is 0.188 e. The maximum Gasteiger partial charge on any atom is 0.188 e. The molecule has 0 radical (unpaired) electrons. The molecule has 1 aliphatic carbocycles. The van der Waals surface area contributed by atoms with Crippen molar-refractivity contribution in [3.05, 3.63) is 10.3 Å². The molecule has 2 N–H and O–H groups in total. The molecule has 0 amide bonds. The fourth-order valence-electron chi connectivity index (χ4n) is 2.43. The van der Waals surface area contributed by atoms with Crippen LogP contribution in [0.4, 0.5) is 0 Å². The number of rotatable bonds is 2. The molecule has 1 aromatic heterocycles. The monoisotopic (exact) mass is 300 g/mol. The van der Waals surface area contributed by atoms with E-state index in [9.17, 15) is 4.79 Å². The molecule has 2 rings (SSSR count). The summed E-state index contributed by atoms with van der Waals surface area (Å²) in [6.45, 7) is 0. The second-order valence-electron chi connectivity index (χ2n) is 4.63. The van der Waals surface area contributed by atoms with Crippen LogP contribution in [0.25, 0.3) is 0 Å². The molecule has 0 aromatic carbocycles. The molecule has 0 spiro atoms. The van der Waals surface area contributed by atoms with E-state index in [0.717, 1.165) is 25.7 Å². The van der Waals surface area contributed by atoms with Crippen LogP contribution in [-0.2, 0) is 7.05 Å². The average molecular weight is 301 g/mol. The predicted molar refractivity (Wildman–Crippen MR) is 67.6 cm³/mol. The predicted octanol–water partition coefficient (Wildman–Crippen LogP) is 1.67. The Hall–Kier alpha value is -0.750. The Morgan fingerprint density at radius 3 is 2.76 bits per heavy atom. The van der Waals surface area contributed by atoms with E-state index in [4.69, 9.17) is 5.73 Å². The van der Waals surface area contributed by atoms with E-state index >= 15 is 0 Å². The van der Waals surface area contributed by atoms with Gasteiger partial charge in [0.2, 0.25) is 0 Å². The zero-order chi connectivity index (χ0) is 12.4. The van der Waals surface area contributed by atoms with Crippen molar-refractivity contribution in [1.29, 1.82) is 0 Å². The van der Waals surface area contributed by atoms with Gasteiger partial charge in [-0.1, -0.05) is 24.5 Å². The minimum atomic E-state index is -0.0917. The molecule has 1 aromatic rings. The van der Waals surface area contributed by atoms with Gasteiger partial charge in [0.25, 0.3) is 0 Å². The molecule has 1 aliphatic rings. The fourth-order valence-corrected chi connectivity index (χ4v) is 2.95. The van der Waals surface area contributed by atoms with E-state index in [1.807, 2.05) is 0 Å². The number of carbonyl (C=O) groups is 1. The maximum absolute atomic E-state index is 12.5. The molecule has 6 heteroatoms. The molecule has 2 atom stereocenters. The quantitative estimate of drug-likeness (QED) is 0.666. The van der Waals surface area contributed by atoms with E-state index in [2.05, 4.69) is 26.2 Å². The first-order chi connectivity index (χ1) is 8.11. The maximum atomic E-state index is 12.5. The number of nitrogens with zero attached hydrogens (tertiary/aromatic N) is 3. The highest BCUT2D eigenvalue weighted by Crippen LogP contribution is 2.27. The highest BCUT2D eigenvalue weighted by Gasteiger charge is 2.31. The van der Waals surface area contributed by atoms with Crippen LogP contribution < -0.4 is 5.73 Å². The van der Waals surface area contributed by atoms with E-state index in [-0.39, 0.29) is 17.7 Å². The Kier molecular flexibility index (Phi) is 3.93. The highest BCUT2D eigenvalue weighted by molar-refractivity contribution is 9.10. The van der Waals surface area contributed by atoms with Crippen molar-refractivity contribution in [3.63, 3.8) is 0 Å². The van der Waals surface area contributed by atoms with Crippen molar-refractivity contribution in [2.75, 3.05) is 0 Å². The molecular formula is C11H17BrN4O. The number of aromatic nitrogens is 3. The molecule has 0 bridgehead atoms. The number of halogens is 1. The second-order valence-corrected chi connectivity index (χ2v) is 5.38. The number of hydrogen-bond acceptors (Lipinski definition) is 4. The highest BCUT2D eigenvalue weighted by atomic mass is 79.9. The van der Waals surface area contributed by atoms with Gasteiger partial charge in [-0.05, 0) is 28.8 Å². The summed E-state index contributed by atoms with van der Waals surface area (Å²) in [5.74, 6) is -0.0234. The van der Waals surface area contributed by atoms with Gasteiger partial charge in [0.1, 0.15) is 5.69 Å². The van der Waals surface area contributed by atoms with Crippen LogP contribution in [0.5, 0.6) is 0 Å². The third kappa shape index (κ3) is 2.57. The Labute approximate surface area is 109 Å². The molecule has 17 heavy (non-hydrogen) atoms. The largest absolute Gasteiger partial charge is 0.327 e. The number of Topliss-reactive ketones (excluding diaryl/α,β-unsaturated/α-hetero) is 1. The molecule has 0 saturated heterocycles. The standard InChI is InChI=1S/C11H17BrN4O/c1-16-9(11(12)14-15-16)10(17)7-5-3-2-4-6-8(7)13/h7-8H,2-6,13H2,1H3. The first-order valence-corrected chi connectivity index (χ1v) is 6.75. The summed E-state index contributed by atoms with van der Waals surface area (Å²) >= 11 is 3.27. The van der Waals surface area contributed by atoms with Gasteiger partial charge in [0.15, 0.2) is 10.4 Å². The van der Waals surface area contributed by atoms with Crippen LogP contribution in [-0.4, -0.2) is 26.8 Å². The minimum absolute atomic E-state index is 0.0354. The SMILES string of the molecule is Cn1nnc(Br)c1C(=O)C1CCCCCC1N. The topological polar surface area (TPSA) is 73.8 Å². The number of nitrogens with two attached hydrogens (primary N) is 1. The van der Waals surface area contributed by atoms with Gasteiger partial charge in [-0.3, -0.25) is 4.79 Å². The van der Waals surface area contributed by atoms with Crippen molar-refractivity contribution < 1.29 is 4.79 Å². The van der Waals surface area contributed by atoms with Crippen molar-refractivity contribution in [2.24, 2.45) is 18.7 Å².